The number of rotatable bonds is 5. The molecule has 0 radical (unpaired) electrons. The van der Waals surface area contributed by atoms with E-state index in [1.54, 1.807) is 0 Å². The second-order valence-corrected chi connectivity index (χ2v) is 6.09. The first-order valence-electron chi connectivity index (χ1n) is 8.49. The van der Waals surface area contributed by atoms with E-state index in [-0.39, 0.29) is 6.04 Å². The highest BCUT2D eigenvalue weighted by atomic mass is 15.3. The van der Waals surface area contributed by atoms with Crippen LogP contribution in [0.5, 0.6) is 0 Å². The maximum Gasteiger partial charge on any atom is 0.123 e. The summed E-state index contributed by atoms with van der Waals surface area (Å²) in [7, 11) is 0. The molecule has 2 aromatic carbocycles. The molecule has 0 amide bonds. The van der Waals surface area contributed by atoms with E-state index in [0.29, 0.717) is 0 Å². The molecule has 24 heavy (non-hydrogen) atoms. The van der Waals surface area contributed by atoms with Crippen molar-refractivity contribution in [3.05, 3.63) is 77.9 Å². The van der Waals surface area contributed by atoms with Crippen molar-refractivity contribution in [1.29, 1.82) is 5.26 Å². The van der Waals surface area contributed by atoms with E-state index in [9.17, 15) is 5.26 Å². The van der Waals surface area contributed by atoms with Crippen molar-refractivity contribution in [2.24, 2.45) is 0 Å². The Kier molecular flexibility index (Phi) is 5.79. The van der Waals surface area contributed by atoms with E-state index >= 15 is 0 Å². The highest BCUT2D eigenvalue weighted by molar-refractivity contribution is 5.48. The van der Waals surface area contributed by atoms with Crippen LogP contribution >= 0.6 is 0 Å². The average Bonchev–Trinajstić information content (AvgIpc) is 2.65. The fourth-order valence-electron chi connectivity index (χ4n) is 3.11. The second kappa shape index (κ2) is 8.44. The first kappa shape index (κ1) is 16.4. The van der Waals surface area contributed by atoms with Crippen molar-refractivity contribution in [3.8, 4) is 6.07 Å². The molecule has 3 rings (SSSR count). The highest BCUT2D eigenvalue weighted by Crippen LogP contribution is 2.21. The zero-order chi connectivity index (χ0) is 16.6. The van der Waals surface area contributed by atoms with Gasteiger partial charge in [0.1, 0.15) is 6.04 Å². The van der Waals surface area contributed by atoms with Crippen molar-refractivity contribution >= 4 is 6.08 Å². The minimum Gasteiger partial charge on any atom is -0.297 e. The molecule has 1 unspecified atom stereocenters. The van der Waals surface area contributed by atoms with Gasteiger partial charge in [-0.1, -0.05) is 72.8 Å². The predicted octanol–water partition coefficient (Wildman–Crippen LogP) is 3.58. The quantitative estimate of drug-likeness (QED) is 0.844. The number of hydrogen-bond donors (Lipinski definition) is 0. The van der Waals surface area contributed by atoms with Gasteiger partial charge in [0.15, 0.2) is 0 Å². The van der Waals surface area contributed by atoms with Crippen LogP contribution in [0.3, 0.4) is 0 Å². The van der Waals surface area contributed by atoms with Crippen molar-refractivity contribution in [2.45, 2.75) is 6.04 Å². The van der Waals surface area contributed by atoms with Gasteiger partial charge in [-0.2, -0.15) is 5.26 Å². The minimum absolute atomic E-state index is 0.131. The van der Waals surface area contributed by atoms with Gasteiger partial charge in [-0.25, -0.2) is 0 Å². The van der Waals surface area contributed by atoms with E-state index in [1.165, 1.54) is 5.56 Å². The third-order valence-corrected chi connectivity index (χ3v) is 4.48. The molecule has 0 spiro atoms. The molecule has 0 saturated carbocycles. The van der Waals surface area contributed by atoms with Gasteiger partial charge in [-0.3, -0.25) is 9.80 Å². The number of nitrogens with zero attached hydrogens (tertiary/aromatic N) is 3. The predicted molar refractivity (Wildman–Crippen MR) is 98.3 cm³/mol. The molecule has 122 valence electrons. The van der Waals surface area contributed by atoms with Gasteiger partial charge in [0.05, 0.1) is 6.07 Å². The lowest BCUT2D eigenvalue weighted by molar-refractivity contribution is 0.123. The lowest BCUT2D eigenvalue weighted by Gasteiger charge is -2.36. The Hall–Kier alpha value is -2.41. The first-order valence-corrected chi connectivity index (χ1v) is 8.49. The molecule has 3 nitrogen and oxygen atoms in total. The van der Waals surface area contributed by atoms with Crippen LogP contribution in [0.4, 0.5) is 0 Å². The normalized spacial score (nSPS) is 17.6. The van der Waals surface area contributed by atoms with Crippen molar-refractivity contribution in [2.75, 3.05) is 32.7 Å². The first-order chi connectivity index (χ1) is 11.9. The Morgan fingerprint density at radius 2 is 1.54 bits per heavy atom. The lowest BCUT2D eigenvalue weighted by atomic mass is 10.1. The summed E-state index contributed by atoms with van der Waals surface area (Å²) in [6.45, 7) is 4.85. The van der Waals surface area contributed by atoms with Crippen LogP contribution in [-0.4, -0.2) is 42.5 Å². The SMILES string of the molecule is N#CC(c1ccccc1)N1CCN(CC=Cc2ccccc2)CC1. The summed E-state index contributed by atoms with van der Waals surface area (Å²) >= 11 is 0. The van der Waals surface area contributed by atoms with Crippen molar-refractivity contribution < 1.29 is 0 Å². The molecule has 0 N–H and O–H groups in total. The Morgan fingerprint density at radius 1 is 0.917 bits per heavy atom. The van der Waals surface area contributed by atoms with Crippen LogP contribution in [0, 0.1) is 11.3 Å². The van der Waals surface area contributed by atoms with E-state index in [1.807, 2.05) is 36.4 Å². The third kappa shape index (κ3) is 4.32. The van der Waals surface area contributed by atoms with E-state index < -0.39 is 0 Å². The maximum absolute atomic E-state index is 9.55. The molecule has 0 aliphatic carbocycles. The number of piperazine rings is 1. The summed E-state index contributed by atoms with van der Waals surface area (Å²) in [6.07, 6.45) is 4.40. The van der Waals surface area contributed by atoms with Gasteiger partial charge in [0, 0.05) is 32.7 Å². The third-order valence-electron chi connectivity index (χ3n) is 4.48. The fraction of sp³-hybridized carbons (Fsp3) is 0.286. The summed E-state index contributed by atoms with van der Waals surface area (Å²) in [6, 6.07) is 22.8. The van der Waals surface area contributed by atoms with Gasteiger partial charge in [-0.15, -0.1) is 0 Å². The summed E-state index contributed by atoms with van der Waals surface area (Å²) < 4.78 is 0. The van der Waals surface area contributed by atoms with E-state index in [0.717, 1.165) is 38.3 Å². The number of benzene rings is 2. The maximum atomic E-state index is 9.55. The summed E-state index contributed by atoms with van der Waals surface area (Å²) in [5.41, 5.74) is 2.34. The molecule has 1 aliphatic rings. The Bertz CT molecular complexity index is 680. The molecule has 1 saturated heterocycles. The van der Waals surface area contributed by atoms with Crippen LogP contribution < -0.4 is 0 Å². The molecule has 0 bridgehead atoms. The number of nitriles is 1. The molecular weight excluding hydrogens is 294 g/mol. The van der Waals surface area contributed by atoms with E-state index in [4.69, 9.17) is 0 Å². The molecule has 3 heteroatoms. The zero-order valence-electron chi connectivity index (χ0n) is 13.9. The zero-order valence-corrected chi connectivity index (χ0v) is 13.9. The van der Waals surface area contributed by atoms with Gasteiger partial charge < -0.3 is 0 Å². The fourth-order valence-corrected chi connectivity index (χ4v) is 3.11. The van der Waals surface area contributed by atoms with Gasteiger partial charge in [0.25, 0.3) is 0 Å². The summed E-state index contributed by atoms with van der Waals surface area (Å²) in [4.78, 5) is 4.72. The molecule has 2 aromatic rings. The lowest BCUT2D eigenvalue weighted by Crippen LogP contribution is -2.47. The second-order valence-electron chi connectivity index (χ2n) is 6.09. The van der Waals surface area contributed by atoms with Crippen LogP contribution in [0.2, 0.25) is 0 Å². The Labute approximate surface area is 144 Å². The average molecular weight is 317 g/mol. The van der Waals surface area contributed by atoms with Gasteiger partial charge in [0.2, 0.25) is 0 Å². The smallest absolute Gasteiger partial charge is 0.123 e. The molecule has 1 heterocycles. The molecule has 1 atom stereocenters. The Morgan fingerprint density at radius 3 is 2.17 bits per heavy atom. The Balaban J connectivity index is 1.50. The summed E-state index contributed by atoms with van der Waals surface area (Å²) in [5, 5.41) is 9.55. The van der Waals surface area contributed by atoms with Gasteiger partial charge in [-0.05, 0) is 11.1 Å². The molecule has 1 fully saturated rings. The van der Waals surface area contributed by atoms with Crippen LogP contribution in [0.1, 0.15) is 17.2 Å². The van der Waals surface area contributed by atoms with Gasteiger partial charge >= 0.3 is 0 Å². The standard InChI is InChI=1S/C21H23N3/c22-18-21(20-11-5-2-6-12-20)24-16-14-23(15-17-24)13-7-10-19-8-3-1-4-9-19/h1-12,21H,13-17H2. The summed E-state index contributed by atoms with van der Waals surface area (Å²) in [5.74, 6) is 0. The van der Waals surface area contributed by atoms with Crippen molar-refractivity contribution in [3.63, 3.8) is 0 Å². The van der Waals surface area contributed by atoms with Crippen LogP contribution in [0.25, 0.3) is 6.08 Å². The molecular formula is C21H23N3. The highest BCUT2D eigenvalue weighted by Gasteiger charge is 2.24. The van der Waals surface area contributed by atoms with Crippen LogP contribution in [-0.2, 0) is 0 Å². The number of hydrogen-bond acceptors (Lipinski definition) is 3. The largest absolute Gasteiger partial charge is 0.297 e. The minimum atomic E-state index is -0.131. The molecule has 0 aromatic heterocycles. The van der Waals surface area contributed by atoms with Crippen LogP contribution in [0.15, 0.2) is 66.7 Å². The monoisotopic (exact) mass is 317 g/mol. The van der Waals surface area contributed by atoms with Crippen molar-refractivity contribution in [1.82, 2.24) is 9.80 Å². The topological polar surface area (TPSA) is 30.3 Å². The molecule has 1 aliphatic heterocycles. The van der Waals surface area contributed by atoms with E-state index in [2.05, 4.69) is 52.3 Å².